The Bertz CT molecular complexity index is 242. The van der Waals surface area contributed by atoms with Gasteiger partial charge in [0, 0.05) is 13.5 Å². The van der Waals surface area contributed by atoms with E-state index in [-0.39, 0.29) is 19.1 Å². The lowest BCUT2D eigenvalue weighted by Crippen LogP contribution is -2.55. The second-order valence-corrected chi connectivity index (χ2v) is 3.79. The minimum Gasteiger partial charge on any atom is -0.464 e. The van der Waals surface area contributed by atoms with Crippen molar-refractivity contribution in [3.63, 3.8) is 0 Å². The zero-order chi connectivity index (χ0) is 12.6. The van der Waals surface area contributed by atoms with Gasteiger partial charge >= 0.3 is 5.97 Å². The van der Waals surface area contributed by atoms with Crippen LogP contribution >= 0.6 is 0 Å². The quantitative estimate of drug-likeness (QED) is 0.521. The Kier molecular flexibility index (Phi) is 6.72. The third-order valence-corrected chi connectivity index (χ3v) is 1.92. The van der Waals surface area contributed by atoms with Crippen molar-refractivity contribution < 1.29 is 19.1 Å². The van der Waals surface area contributed by atoms with Gasteiger partial charge in [-0.1, -0.05) is 6.92 Å². The van der Waals surface area contributed by atoms with E-state index >= 15 is 0 Å². The lowest BCUT2D eigenvalue weighted by Gasteiger charge is -2.27. The molecule has 0 radical (unpaired) electrons. The van der Waals surface area contributed by atoms with Crippen LogP contribution in [0, 0.1) is 0 Å². The number of ether oxygens (including phenoxy) is 2. The van der Waals surface area contributed by atoms with Crippen LogP contribution in [0.5, 0.6) is 0 Å². The van der Waals surface area contributed by atoms with Crippen molar-refractivity contribution in [3.05, 3.63) is 0 Å². The summed E-state index contributed by atoms with van der Waals surface area (Å²) in [7, 11) is 0. The predicted octanol–water partition coefficient (Wildman–Crippen LogP) is 0.871. The van der Waals surface area contributed by atoms with Gasteiger partial charge in [-0.15, -0.1) is 0 Å². The number of hydrogen-bond donors (Lipinski definition) is 1. The van der Waals surface area contributed by atoms with Crippen molar-refractivity contribution in [2.24, 2.45) is 0 Å². The lowest BCUT2D eigenvalue weighted by molar-refractivity contribution is -0.155. The lowest BCUT2D eigenvalue weighted by atomic mass is 10.0. The zero-order valence-corrected chi connectivity index (χ0v) is 10.5. The molecule has 0 heterocycles. The minimum absolute atomic E-state index is 0.124. The molecule has 0 rings (SSSR count). The normalized spacial score (nSPS) is 14.0. The summed E-state index contributed by atoms with van der Waals surface area (Å²) < 4.78 is 10.2. The van der Waals surface area contributed by atoms with Crippen molar-refractivity contribution in [1.29, 1.82) is 0 Å². The van der Waals surface area contributed by atoms with Crippen molar-refractivity contribution >= 4 is 11.9 Å². The maximum atomic E-state index is 11.7. The number of rotatable bonds is 7. The van der Waals surface area contributed by atoms with Gasteiger partial charge < -0.3 is 14.8 Å². The number of carbonyl (C=O) groups excluding carboxylic acids is 2. The fourth-order valence-corrected chi connectivity index (χ4v) is 1.25. The summed E-state index contributed by atoms with van der Waals surface area (Å²) in [4.78, 5) is 22.7. The molecule has 1 N–H and O–H groups in total. The fourth-order valence-electron chi connectivity index (χ4n) is 1.25. The molecule has 0 aromatic carbocycles. The Labute approximate surface area is 96.5 Å². The summed E-state index contributed by atoms with van der Waals surface area (Å²) in [6, 6.07) is 0. The molecule has 94 valence electrons. The minimum atomic E-state index is -1.10. The third-order valence-electron chi connectivity index (χ3n) is 1.92. The molecule has 0 saturated carbocycles. The first-order valence-electron chi connectivity index (χ1n) is 5.50. The average molecular weight is 231 g/mol. The van der Waals surface area contributed by atoms with Gasteiger partial charge in [0.15, 0.2) is 5.54 Å². The summed E-state index contributed by atoms with van der Waals surface area (Å²) in [5.74, 6) is -0.753. The number of hydrogen-bond acceptors (Lipinski definition) is 4. The molecule has 0 aliphatic heterocycles. The molecule has 0 fully saturated rings. The van der Waals surface area contributed by atoms with Crippen LogP contribution in [-0.2, 0) is 19.1 Å². The van der Waals surface area contributed by atoms with E-state index in [0.717, 1.165) is 6.42 Å². The molecule has 0 aliphatic rings. The van der Waals surface area contributed by atoms with Crippen molar-refractivity contribution in [2.45, 2.75) is 39.7 Å². The Hall–Kier alpha value is -1.10. The molecule has 0 aromatic heterocycles. The van der Waals surface area contributed by atoms with Crippen LogP contribution < -0.4 is 5.32 Å². The Morgan fingerprint density at radius 2 is 1.94 bits per heavy atom. The zero-order valence-electron chi connectivity index (χ0n) is 10.5. The van der Waals surface area contributed by atoms with E-state index in [1.54, 1.807) is 13.8 Å². The van der Waals surface area contributed by atoms with E-state index in [9.17, 15) is 9.59 Å². The Morgan fingerprint density at radius 1 is 1.31 bits per heavy atom. The van der Waals surface area contributed by atoms with E-state index in [4.69, 9.17) is 9.47 Å². The first-order valence-corrected chi connectivity index (χ1v) is 5.50. The molecule has 0 spiro atoms. The standard InChI is InChI=1S/C11H21NO4/c1-5-7-15-8-11(4,12-9(3)13)10(14)16-6-2/h5-8H2,1-4H3,(H,12,13). The van der Waals surface area contributed by atoms with E-state index in [1.165, 1.54) is 6.92 Å². The van der Waals surface area contributed by atoms with Crippen LogP contribution in [0.3, 0.4) is 0 Å². The SMILES string of the molecule is CCCOCC(C)(NC(C)=O)C(=O)OCC. The first kappa shape index (κ1) is 14.9. The van der Waals surface area contributed by atoms with E-state index in [1.807, 2.05) is 6.92 Å². The highest BCUT2D eigenvalue weighted by Crippen LogP contribution is 2.08. The smallest absolute Gasteiger partial charge is 0.333 e. The Balaban J connectivity index is 4.46. The fraction of sp³-hybridized carbons (Fsp3) is 0.818. The molecule has 5 nitrogen and oxygen atoms in total. The highest BCUT2D eigenvalue weighted by Gasteiger charge is 2.36. The summed E-state index contributed by atoms with van der Waals surface area (Å²) >= 11 is 0. The number of nitrogens with one attached hydrogen (secondary N) is 1. The maximum absolute atomic E-state index is 11.7. The van der Waals surface area contributed by atoms with Gasteiger partial charge in [0.1, 0.15) is 0 Å². The second kappa shape index (κ2) is 7.22. The van der Waals surface area contributed by atoms with Gasteiger partial charge in [-0.25, -0.2) is 4.79 Å². The summed E-state index contributed by atoms with van der Waals surface area (Å²) in [6.45, 7) is 7.61. The molecule has 0 saturated heterocycles. The van der Waals surface area contributed by atoms with Gasteiger partial charge in [0.05, 0.1) is 13.2 Å². The van der Waals surface area contributed by atoms with Crippen LogP contribution in [0.1, 0.15) is 34.1 Å². The number of amides is 1. The number of esters is 1. The first-order chi connectivity index (χ1) is 7.46. The van der Waals surface area contributed by atoms with Crippen molar-refractivity contribution in [1.82, 2.24) is 5.32 Å². The second-order valence-electron chi connectivity index (χ2n) is 3.79. The van der Waals surface area contributed by atoms with E-state index in [0.29, 0.717) is 6.61 Å². The molecule has 5 heteroatoms. The molecule has 1 unspecified atom stereocenters. The highest BCUT2D eigenvalue weighted by molar-refractivity contribution is 5.86. The van der Waals surface area contributed by atoms with E-state index < -0.39 is 11.5 Å². The van der Waals surface area contributed by atoms with Crippen LogP contribution in [-0.4, -0.2) is 37.2 Å². The monoisotopic (exact) mass is 231 g/mol. The summed E-state index contributed by atoms with van der Waals surface area (Å²) in [5, 5.41) is 2.56. The molecule has 16 heavy (non-hydrogen) atoms. The molecule has 0 aromatic rings. The van der Waals surface area contributed by atoms with E-state index in [2.05, 4.69) is 5.32 Å². The Morgan fingerprint density at radius 3 is 2.38 bits per heavy atom. The molecular weight excluding hydrogens is 210 g/mol. The van der Waals surface area contributed by atoms with Crippen LogP contribution in [0.2, 0.25) is 0 Å². The maximum Gasteiger partial charge on any atom is 0.333 e. The van der Waals surface area contributed by atoms with Crippen LogP contribution in [0.15, 0.2) is 0 Å². The molecule has 1 amide bonds. The topological polar surface area (TPSA) is 64.6 Å². The van der Waals surface area contributed by atoms with Crippen LogP contribution in [0.25, 0.3) is 0 Å². The van der Waals surface area contributed by atoms with Gasteiger partial charge in [0.25, 0.3) is 0 Å². The van der Waals surface area contributed by atoms with Crippen molar-refractivity contribution in [2.75, 3.05) is 19.8 Å². The third kappa shape index (κ3) is 5.11. The van der Waals surface area contributed by atoms with Crippen molar-refractivity contribution in [3.8, 4) is 0 Å². The predicted molar refractivity (Wildman–Crippen MR) is 60.0 cm³/mol. The van der Waals surface area contributed by atoms with Gasteiger partial charge in [-0.2, -0.15) is 0 Å². The van der Waals surface area contributed by atoms with Gasteiger partial charge in [-0.05, 0) is 20.3 Å². The van der Waals surface area contributed by atoms with Gasteiger partial charge in [-0.3, -0.25) is 4.79 Å². The summed E-state index contributed by atoms with van der Waals surface area (Å²) in [5.41, 5.74) is -1.10. The molecule has 0 aliphatic carbocycles. The average Bonchev–Trinajstić information content (AvgIpc) is 2.17. The largest absolute Gasteiger partial charge is 0.464 e. The highest BCUT2D eigenvalue weighted by atomic mass is 16.5. The molecule has 1 atom stereocenters. The number of carbonyl (C=O) groups is 2. The van der Waals surface area contributed by atoms with Crippen LogP contribution in [0.4, 0.5) is 0 Å². The van der Waals surface area contributed by atoms with Gasteiger partial charge in [0.2, 0.25) is 5.91 Å². The molecule has 0 bridgehead atoms. The molecular formula is C11H21NO4. The summed E-state index contributed by atoms with van der Waals surface area (Å²) in [6.07, 6.45) is 0.860.